The average molecular weight is 431 g/mol. The Morgan fingerprint density at radius 1 is 1.06 bits per heavy atom. The smallest absolute Gasteiger partial charge is 0.0369 e. The third kappa shape index (κ3) is 7.24. The molecule has 1 unspecified atom stereocenters. The number of hydrogen-bond acceptors (Lipinski definition) is 2. The van der Waals surface area contributed by atoms with Crippen molar-refractivity contribution in [3.8, 4) is 0 Å². The fraction of sp³-hybridized carbons (Fsp3) is 0.400. The fourth-order valence-electron chi connectivity index (χ4n) is 4.19. The Balaban J connectivity index is 1.95. The zero-order valence-electron chi connectivity index (χ0n) is 20.7. The summed E-state index contributed by atoms with van der Waals surface area (Å²) in [5, 5.41) is 6.25. The van der Waals surface area contributed by atoms with Gasteiger partial charge in [-0.25, -0.2) is 0 Å². The molecule has 2 aromatic rings. The third-order valence-corrected chi connectivity index (χ3v) is 6.19. The summed E-state index contributed by atoms with van der Waals surface area (Å²) in [6.07, 6.45) is 10.9. The summed E-state index contributed by atoms with van der Waals surface area (Å²) in [7, 11) is 0. The molecule has 1 N–H and O–H groups in total. The summed E-state index contributed by atoms with van der Waals surface area (Å²) in [6, 6.07) is 15.6. The van der Waals surface area contributed by atoms with Crippen LogP contribution >= 0.6 is 0 Å². The van der Waals surface area contributed by atoms with Gasteiger partial charge in [-0.05, 0) is 85.8 Å². The lowest BCUT2D eigenvalue weighted by Gasteiger charge is -2.26. The zero-order chi connectivity index (χ0) is 23.3. The maximum absolute atomic E-state index is 4.08. The number of unbranched alkanes of at least 4 members (excludes halogenated alkanes) is 2. The molecule has 172 valence electrons. The molecule has 1 atom stereocenters. The monoisotopic (exact) mass is 430 g/mol. The minimum absolute atomic E-state index is 0.277. The van der Waals surface area contributed by atoms with Crippen LogP contribution in [0.5, 0.6) is 0 Å². The van der Waals surface area contributed by atoms with E-state index in [-0.39, 0.29) is 6.04 Å². The molecule has 0 aromatic heterocycles. The summed E-state index contributed by atoms with van der Waals surface area (Å²) in [5.74, 6) is 0. The van der Waals surface area contributed by atoms with E-state index in [0.717, 1.165) is 26.1 Å². The van der Waals surface area contributed by atoms with Crippen molar-refractivity contribution in [2.24, 2.45) is 0 Å². The first-order chi connectivity index (χ1) is 15.5. The Morgan fingerprint density at radius 2 is 1.81 bits per heavy atom. The highest BCUT2D eigenvalue weighted by molar-refractivity contribution is 5.61. The van der Waals surface area contributed by atoms with Crippen LogP contribution in [0.1, 0.15) is 57.6 Å². The fourth-order valence-corrected chi connectivity index (χ4v) is 4.19. The molecular formula is C30H42N2. The number of rotatable bonds is 13. The van der Waals surface area contributed by atoms with Crippen molar-refractivity contribution < 1.29 is 0 Å². The summed E-state index contributed by atoms with van der Waals surface area (Å²) in [6.45, 7) is 20.0. The quantitative estimate of drug-likeness (QED) is 0.402. The van der Waals surface area contributed by atoms with E-state index in [9.17, 15) is 0 Å². The molecule has 0 bridgehead atoms. The van der Waals surface area contributed by atoms with Gasteiger partial charge < -0.3 is 10.2 Å². The van der Waals surface area contributed by atoms with Gasteiger partial charge in [-0.15, -0.1) is 0 Å². The molecule has 0 saturated heterocycles. The van der Waals surface area contributed by atoms with Crippen LogP contribution in [0.25, 0.3) is 17.7 Å². The molecule has 2 rings (SSSR count). The summed E-state index contributed by atoms with van der Waals surface area (Å²) >= 11 is 0. The van der Waals surface area contributed by atoms with E-state index in [1.54, 1.807) is 0 Å². The second kappa shape index (κ2) is 13.8. The number of anilines is 1. The second-order valence-corrected chi connectivity index (χ2v) is 8.50. The molecule has 0 aliphatic rings. The van der Waals surface area contributed by atoms with Gasteiger partial charge in [-0.3, -0.25) is 0 Å². The highest BCUT2D eigenvalue weighted by atomic mass is 15.1. The minimum atomic E-state index is 0.277. The normalized spacial score (nSPS) is 13.6. The molecule has 0 radical (unpaired) electrons. The third-order valence-electron chi connectivity index (χ3n) is 6.19. The van der Waals surface area contributed by atoms with Crippen LogP contribution < -0.4 is 20.7 Å². The summed E-state index contributed by atoms with van der Waals surface area (Å²) in [4.78, 5) is 2.54. The van der Waals surface area contributed by atoms with Crippen LogP contribution in [0.4, 0.5) is 5.69 Å². The Hall–Kier alpha value is -2.58. The molecule has 0 aliphatic carbocycles. The molecule has 0 saturated carbocycles. The molecule has 0 spiro atoms. The predicted octanol–water partition coefficient (Wildman–Crippen LogP) is 5.84. The van der Waals surface area contributed by atoms with E-state index in [0.29, 0.717) is 0 Å². The van der Waals surface area contributed by atoms with Gasteiger partial charge >= 0.3 is 0 Å². The van der Waals surface area contributed by atoms with Gasteiger partial charge in [0.2, 0.25) is 0 Å². The van der Waals surface area contributed by atoms with Gasteiger partial charge in [0.15, 0.2) is 0 Å². The van der Waals surface area contributed by atoms with Crippen molar-refractivity contribution >= 4 is 23.4 Å². The molecule has 0 fully saturated rings. The van der Waals surface area contributed by atoms with Crippen molar-refractivity contribution in [1.29, 1.82) is 0 Å². The number of hydrogen-bond donors (Lipinski definition) is 1. The minimum Gasteiger partial charge on any atom is -0.372 e. The topological polar surface area (TPSA) is 15.3 Å². The van der Waals surface area contributed by atoms with Crippen LogP contribution in [0.3, 0.4) is 0 Å². The van der Waals surface area contributed by atoms with Gasteiger partial charge in [-0.2, -0.15) is 0 Å². The maximum atomic E-state index is 4.08. The van der Waals surface area contributed by atoms with E-state index < -0.39 is 0 Å². The summed E-state index contributed by atoms with van der Waals surface area (Å²) in [5.41, 5.74) is 5.11. The second-order valence-electron chi connectivity index (χ2n) is 8.50. The van der Waals surface area contributed by atoms with Crippen molar-refractivity contribution in [1.82, 2.24) is 5.32 Å². The van der Waals surface area contributed by atoms with Crippen LogP contribution in [0.2, 0.25) is 0 Å². The van der Waals surface area contributed by atoms with Crippen LogP contribution in [0.15, 0.2) is 61.7 Å². The average Bonchev–Trinajstić information content (AvgIpc) is 2.81. The lowest BCUT2D eigenvalue weighted by molar-refractivity contribution is 0.585. The molecule has 2 nitrogen and oxygen atoms in total. The number of nitrogens with one attached hydrogen (secondary N) is 1. The molecule has 2 aromatic carbocycles. The van der Waals surface area contributed by atoms with Crippen LogP contribution in [-0.2, 0) is 0 Å². The van der Waals surface area contributed by atoms with Crippen LogP contribution in [-0.4, -0.2) is 25.7 Å². The number of benzene rings is 2. The van der Waals surface area contributed by atoms with Gasteiger partial charge in [0.25, 0.3) is 0 Å². The van der Waals surface area contributed by atoms with E-state index >= 15 is 0 Å². The molecular weight excluding hydrogens is 388 g/mol. The molecule has 32 heavy (non-hydrogen) atoms. The molecule has 2 heteroatoms. The van der Waals surface area contributed by atoms with E-state index in [1.165, 1.54) is 52.1 Å². The first-order valence-electron chi connectivity index (χ1n) is 12.1. The predicted molar refractivity (Wildman–Crippen MR) is 145 cm³/mol. The highest BCUT2D eigenvalue weighted by Crippen LogP contribution is 2.21. The van der Waals surface area contributed by atoms with Gasteiger partial charge in [0.05, 0.1) is 0 Å². The first-order valence-corrected chi connectivity index (χ1v) is 12.1. The van der Waals surface area contributed by atoms with Crippen molar-refractivity contribution in [3.63, 3.8) is 0 Å². The van der Waals surface area contributed by atoms with Crippen molar-refractivity contribution in [2.45, 2.75) is 59.4 Å². The van der Waals surface area contributed by atoms with Gasteiger partial charge in [0.1, 0.15) is 0 Å². The van der Waals surface area contributed by atoms with Gasteiger partial charge in [-0.1, -0.05) is 75.1 Å². The molecule has 0 amide bonds. The van der Waals surface area contributed by atoms with E-state index in [2.05, 4.69) is 99.6 Å². The standard InChI is InChI=1S/C30H42N2/c1-7-11-21-32(28-19-18-26(8-2)24(5)23-28)22-15-14-20-31-25(6)29(10-4)30-17-13-12-16-27(30)9-3/h8-10,12-13,16-19,23,25,31H,2,4,7,11,14-15,20-22H2,1,3,5-6H3/b27-9-,30-29+. The lowest BCUT2D eigenvalue weighted by atomic mass is 10.0. The van der Waals surface area contributed by atoms with E-state index in [1.807, 2.05) is 12.2 Å². The van der Waals surface area contributed by atoms with E-state index in [4.69, 9.17) is 0 Å². The Morgan fingerprint density at radius 3 is 2.47 bits per heavy atom. The largest absolute Gasteiger partial charge is 0.372 e. The Kier molecular flexibility index (Phi) is 11.0. The first kappa shape index (κ1) is 25.7. The SMILES string of the molecule is C=C/C(=c1/cccc/c1=C/C)C(C)NCCCCN(CCCC)c1ccc(C=C)c(C)c1. The Bertz CT molecular complexity index is 986. The molecule has 0 heterocycles. The highest BCUT2D eigenvalue weighted by Gasteiger charge is 2.09. The number of nitrogens with zero attached hydrogens (tertiary/aromatic N) is 1. The number of aryl methyl sites for hydroxylation is 1. The molecule has 0 aliphatic heterocycles. The lowest BCUT2D eigenvalue weighted by Crippen LogP contribution is -2.36. The van der Waals surface area contributed by atoms with Crippen molar-refractivity contribution in [3.05, 3.63) is 83.3 Å². The van der Waals surface area contributed by atoms with Crippen LogP contribution in [0, 0.1) is 6.92 Å². The van der Waals surface area contributed by atoms with Gasteiger partial charge in [0, 0.05) is 24.8 Å². The maximum Gasteiger partial charge on any atom is 0.0369 e. The zero-order valence-corrected chi connectivity index (χ0v) is 20.7. The van der Waals surface area contributed by atoms with Crippen molar-refractivity contribution in [2.75, 3.05) is 24.5 Å². The summed E-state index contributed by atoms with van der Waals surface area (Å²) < 4.78 is 0. The Labute approximate surface area is 196 Å².